The normalized spacial score (nSPS) is 11.7. The molecule has 0 unspecified atom stereocenters. The summed E-state index contributed by atoms with van der Waals surface area (Å²) in [5.74, 6) is -0.193. The minimum atomic E-state index is -3.69. The van der Waals surface area contributed by atoms with E-state index < -0.39 is 10.0 Å². The lowest BCUT2D eigenvalue weighted by molar-refractivity contribution is 0.0947. The number of nitrogens with one attached hydrogen (secondary N) is 1. The first-order valence-electron chi connectivity index (χ1n) is 8.11. The van der Waals surface area contributed by atoms with E-state index in [2.05, 4.69) is 10.3 Å². The number of benzene rings is 1. The molecule has 8 heteroatoms. The topological polar surface area (TPSA) is 107 Å². The zero-order chi connectivity index (χ0) is 18.9. The highest BCUT2D eigenvalue weighted by Gasteiger charge is 2.16. The Bertz CT molecular complexity index is 1070. The van der Waals surface area contributed by atoms with Crippen LogP contribution in [0.5, 0.6) is 0 Å². The SMILES string of the molecule is Cc1ccc2nc(C)c(C(=O)NCCc3ccc(S(N)(=O)=O)cc3)n2c1. The Labute approximate surface area is 151 Å². The number of carbonyl (C=O) groups excluding carboxylic acids is 1. The van der Waals surface area contributed by atoms with E-state index >= 15 is 0 Å². The Morgan fingerprint density at radius 3 is 2.50 bits per heavy atom. The van der Waals surface area contributed by atoms with Crippen LogP contribution in [0.4, 0.5) is 0 Å². The van der Waals surface area contributed by atoms with Crippen LogP contribution in [-0.2, 0) is 16.4 Å². The highest BCUT2D eigenvalue weighted by atomic mass is 32.2. The van der Waals surface area contributed by atoms with E-state index in [1.807, 2.05) is 32.2 Å². The van der Waals surface area contributed by atoms with Gasteiger partial charge in [-0.15, -0.1) is 0 Å². The van der Waals surface area contributed by atoms with Crippen LogP contribution >= 0.6 is 0 Å². The summed E-state index contributed by atoms with van der Waals surface area (Å²) in [5, 5.41) is 7.97. The highest BCUT2D eigenvalue weighted by molar-refractivity contribution is 7.89. The first kappa shape index (κ1) is 18.1. The maximum absolute atomic E-state index is 12.6. The summed E-state index contributed by atoms with van der Waals surface area (Å²) in [7, 11) is -3.69. The molecule has 0 saturated heterocycles. The van der Waals surface area contributed by atoms with E-state index in [-0.39, 0.29) is 10.8 Å². The number of rotatable bonds is 5. The lowest BCUT2D eigenvalue weighted by atomic mass is 10.1. The second-order valence-electron chi connectivity index (χ2n) is 6.18. The number of sulfonamides is 1. The van der Waals surface area contributed by atoms with Crippen molar-refractivity contribution in [1.29, 1.82) is 0 Å². The summed E-state index contributed by atoms with van der Waals surface area (Å²) in [6.07, 6.45) is 2.46. The van der Waals surface area contributed by atoms with Gasteiger partial charge in [-0.2, -0.15) is 0 Å². The lowest BCUT2D eigenvalue weighted by Gasteiger charge is -2.07. The van der Waals surface area contributed by atoms with E-state index in [4.69, 9.17) is 5.14 Å². The number of hydrogen-bond donors (Lipinski definition) is 2. The molecule has 0 aliphatic carbocycles. The van der Waals surface area contributed by atoms with Crippen LogP contribution in [0.1, 0.15) is 27.3 Å². The number of imidazole rings is 1. The number of aromatic nitrogens is 2. The summed E-state index contributed by atoms with van der Waals surface area (Å²) in [5.41, 5.74) is 3.87. The Morgan fingerprint density at radius 1 is 1.15 bits per heavy atom. The molecule has 7 nitrogen and oxygen atoms in total. The molecule has 2 heterocycles. The minimum absolute atomic E-state index is 0.0713. The Morgan fingerprint density at radius 2 is 1.85 bits per heavy atom. The molecule has 3 rings (SSSR count). The molecule has 0 bridgehead atoms. The van der Waals surface area contributed by atoms with Gasteiger partial charge >= 0.3 is 0 Å². The third-order valence-electron chi connectivity index (χ3n) is 4.11. The number of aryl methyl sites for hydroxylation is 2. The maximum atomic E-state index is 12.6. The third kappa shape index (κ3) is 3.76. The number of fused-ring (bicyclic) bond motifs is 1. The predicted molar refractivity (Wildman–Crippen MR) is 98.5 cm³/mol. The van der Waals surface area contributed by atoms with Gasteiger partial charge in [0.05, 0.1) is 10.6 Å². The summed E-state index contributed by atoms with van der Waals surface area (Å²) in [6, 6.07) is 10.1. The number of amides is 1. The first-order valence-corrected chi connectivity index (χ1v) is 9.65. The maximum Gasteiger partial charge on any atom is 0.270 e. The molecule has 136 valence electrons. The van der Waals surface area contributed by atoms with Crippen molar-refractivity contribution in [2.45, 2.75) is 25.2 Å². The van der Waals surface area contributed by atoms with Crippen LogP contribution in [0.25, 0.3) is 5.65 Å². The number of carbonyl (C=O) groups is 1. The molecule has 0 atom stereocenters. The van der Waals surface area contributed by atoms with Crippen LogP contribution in [0.15, 0.2) is 47.5 Å². The fourth-order valence-electron chi connectivity index (χ4n) is 2.79. The van der Waals surface area contributed by atoms with E-state index in [1.54, 1.807) is 16.5 Å². The summed E-state index contributed by atoms with van der Waals surface area (Å²) in [6.45, 7) is 4.19. The largest absolute Gasteiger partial charge is 0.350 e. The van der Waals surface area contributed by atoms with Gasteiger partial charge in [-0.25, -0.2) is 18.5 Å². The van der Waals surface area contributed by atoms with E-state index in [9.17, 15) is 13.2 Å². The predicted octanol–water partition coefficient (Wildman–Crippen LogP) is 1.57. The van der Waals surface area contributed by atoms with E-state index in [1.165, 1.54) is 12.1 Å². The van der Waals surface area contributed by atoms with Crippen molar-refractivity contribution in [3.63, 3.8) is 0 Å². The smallest absolute Gasteiger partial charge is 0.270 e. The zero-order valence-electron chi connectivity index (χ0n) is 14.6. The summed E-state index contributed by atoms with van der Waals surface area (Å²) < 4.78 is 24.3. The molecular weight excluding hydrogens is 352 g/mol. The number of nitrogens with zero attached hydrogens (tertiary/aromatic N) is 2. The second-order valence-corrected chi connectivity index (χ2v) is 7.74. The van der Waals surface area contributed by atoms with Gasteiger partial charge in [-0.3, -0.25) is 9.20 Å². The van der Waals surface area contributed by atoms with Crippen molar-refractivity contribution in [2.24, 2.45) is 5.14 Å². The lowest BCUT2D eigenvalue weighted by Crippen LogP contribution is -2.27. The van der Waals surface area contributed by atoms with Crippen molar-refractivity contribution in [3.05, 3.63) is 65.1 Å². The van der Waals surface area contributed by atoms with Gasteiger partial charge in [-0.1, -0.05) is 18.2 Å². The van der Waals surface area contributed by atoms with Crippen LogP contribution in [-0.4, -0.2) is 30.3 Å². The number of pyridine rings is 1. The van der Waals surface area contributed by atoms with Crippen LogP contribution < -0.4 is 10.5 Å². The molecule has 1 aromatic carbocycles. The van der Waals surface area contributed by atoms with Gasteiger partial charge in [-0.05, 0) is 49.6 Å². The van der Waals surface area contributed by atoms with Crippen LogP contribution in [0.2, 0.25) is 0 Å². The Balaban J connectivity index is 1.68. The van der Waals surface area contributed by atoms with Gasteiger partial charge in [0.1, 0.15) is 11.3 Å². The number of nitrogens with two attached hydrogens (primary N) is 1. The molecule has 3 aromatic rings. The standard InChI is InChI=1S/C18H20N4O3S/c1-12-3-8-16-21-13(2)17(22(16)11-12)18(23)20-10-9-14-4-6-15(7-5-14)26(19,24)25/h3-8,11H,9-10H2,1-2H3,(H,20,23)(H2,19,24,25). The summed E-state index contributed by atoms with van der Waals surface area (Å²) >= 11 is 0. The zero-order valence-corrected chi connectivity index (χ0v) is 15.4. The average molecular weight is 372 g/mol. The van der Waals surface area contributed by atoms with Crippen LogP contribution in [0.3, 0.4) is 0 Å². The summed E-state index contributed by atoms with van der Waals surface area (Å²) in [4.78, 5) is 17.0. The number of primary sulfonamides is 1. The van der Waals surface area contributed by atoms with Crippen molar-refractivity contribution >= 4 is 21.6 Å². The molecule has 0 radical (unpaired) electrons. The molecule has 0 saturated carbocycles. The molecular formula is C18H20N4O3S. The molecule has 3 N–H and O–H groups in total. The van der Waals surface area contributed by atoms with Crippen molar-refractivity contribution < 1.29 is 13.2 Å². The van der Waals surface area contributed by atoms with Crippen LogP contribution in [0, 0.1) is 13.8 Å². The van der Waals surface area contributed by atoms with Gasteiger partial charge in [0, 0.05) is 12.7 Å². The second kappa shape index (κ2) is 6.89. The van der Waals surface area contributed by atoms with Crippen molar-refractivity contribution in [3.8, 4) is 0 Å². The first-order chi connectivity index (χ1) is 12.3. The monoisotopic (exact) mass is 372 g/mol. The molecule has 0 spiro atoms. The van der Waals surface area contributed by atoms with Gasteiger partial charge < -0.3 is 5.32 Å². The Kier molecular flexibility index (Phi) is 4.80. The quantitative estimate of drug-likeness (QED) is 0.709. The van der Waals surface area contributed by atoms with Gasteiger partial charge in [0.2, 0.25) is 10.0 Å². The third-order valence-corrected chi connectivity index (χ3v) is 5.04. The molecule has 1 amide bonds. The average Bonchev–Trinajstić information content (AvgIpc) is 2.89. The van der Waals surface area contributed by atoms with Crippen molar-refractivity contribution in [2.75, 3.05) is 6.54 Å². The molecule has 0 aliphatic rings. The van der Waals surface area contributed by atoms with E-state index in [0.717, 1.165) is 16.8 Å². The highest BCUT2D eigenvalue weighted by Crippen LogP contribution is 2.13. The number of hydrogen-bond acceptors (Lipinski definition) is 4. The fraction of sp³-hybridized carbons (Fsp3) is 0.222. The minimum Gasteiger partial charge on any atom is -0.350 e. The fourth-order valence-corrected chi connectivity index (χ4v) is 3.31. The molecule has 26 heavy (non-hydrogen) atoms. The van der Waals surface area contributed by atoms with Crippen molar-refractivity contribution in [1.82, 2.24) is 14.7 Å². The Hall–Kier alpha value is -2.71. The van der Waals surface area contributed by atoms with Gasteiger partial charge in [0.25, 0.3) is 5.91 Å². The van der Waals surface area contributed by atoms with Gasteiger partial charge in [0.15, 0.2) is 0 Å². The molecule has 0 aliphatic heterocycles. The molecule has 0 fully saturated rings. The van der Waals surface area contributed by atoms with E-state index in [0.29, 0.717) is 24.4 Å². The molecule has 2 aromatic heterocycles.